The summed E-state index contributed by atoms with van der Waals surface area (Å²) in [6, 6.07) is 16.0. The van der Waals surface area contributed by atoms with Crippen LogP contribution in [-0.2, 0) is 0 Å². The Morgan fingerprint density at radius 2 is 1.09 bits per heavy atom. The summed E-state index contributed by atoms with van der Waals surface area (Å²) in [4.78, 5) is 9.08. The first-order chi connectivity index (χ1) is 16.8. The largest absolute Gasteiger partial charge is 0.494 e. The van der Waals surface area contributed by atoms with Gasteiger partial charge in [0.05, 0.1) is 13.2 Å². The van der Waals surface area contributed by atoms with E-state index in [2.05, 4.69) is 22.1 Å². The van der Waals surface area contributed by atoms with E-state index in [0.29, 0.717) is 19.0 Å². The minimum atomic E-state index is 0.329. The Hall–Kier alpha value is -2.92. The van der Waals surface area contributed by atoms with Crippen LogP contribution in [-0.4, -0.2) is 34.9 Å². The van der Waals surface area contributed by atoms with Crippen LogP contribution in [0.1, 0.15) is 64.7 Å². The lowest BCUT2D eigenvalue weighted by atomic mass is 10.1. The maximum atomic E-state index is 8.78. The monoisotopic (exact) mass is 462 g/mol. The van der Waals surface area contributed by atoms with Crippen molar-refractivity contribution in [1.29, 1.82) is 0 Å². The summed E-state index contributed by atoms with van der Waals surface area (Å²) in [6.45, 7) is 3.72. The molecule has 2 aromatic carbocycles. The molecule has 0 fully saturated rings. The van der Waals surface area contributed by atoms with E-state index < -0.39 is 0 Å². The Morgan fingerprint density at radius 3 is 1.65 bits per heavy atom. The molecule has 3 aromatic rings. The van der Waals surface area contributed by atoms with Gasteiger partial charge in [-0.05, 0) is 61.7 Å². The minimum Gasteiger partial charge on any atom is -0.494 e. The third-order valence-corrected chi connectivity index (χ3v) is 5.83. The van der Waals surface area contributed by atoms with Crippen LogP contribution in [0.5, 0.6) is 11.5 Å². The van der Waals surface area contributed by atoms with Gasteiger partial charge in [0.25, 0.3) is 0 Å². The van der Waals surface area contributed by atoms with Gasteiger partial charge in [-0.3, -0.25) is 0 Å². The van der Waals surface area contributed by atoms with Crippen LogP contribution in [0.15, 0.2) is 60.9 Å². The first-order valence-corrected chi connectivity index (χ1v) is 12.7. The molecule has 3 rings (SSSR count). The Bertz CT molecular complexity index is 925. The number of benzene rings is 2. The maximum absolute atomic E-state index is 8.78. The molecule has 0 saturated heterocycles. The molecule has 0 bridgehead atoms. The van der Waals surface area contributed by atoms with Gasteiger partial charge in [-0.1, -0.05) is 57.1 Å². The second-order valence-electron chi connectivity index (χ2n) is 8.53. The molecule has 0 unspecified atom stereocenters. The van der Waals surface area contributed by atoms with Crippen LogP contribution in [0, 0.1) is 0 Å². The van der Waals surface area contributed by atoms with Crippen molar-refractivity contribution in [1.82, 2.24) is 9.97 Å². The van der Waals surface area contributed by atoms with Crippen molar-refractivity contribution in [3.63, 3.8) is 0 Å². The molecule has 0 spiro atoms. The molecule has 0 amide bonds. The summed E-state index contributed by atoms with van der Waals surface area (Å²) in [5.41, 5.74) is 3.03. The standard InChI is InChI=1S/C29H38N2O3/c1-2-33-27-18-14-25(15-19-27)29-30-22-26(23-31-29)24-12-16-28(17-13-24)34-21-11-9-7-5-3-4-6-8-10-20-32/h12-19,22-23,32H,2-11,20-21H2,1H3. The molecule has 0 saturated carbocycles. The summed E-state index contributed by atoms with van der Waals surface area (Å²) in [6.07, 6.45) is 14.6. The molecule has 0 radical (unpaired) electrons. The molecule has 0 atom stereocenters. The quantitative estimate of drug-likeness (QED) is 0.230. The number of hydrogen-bond acceptors (Lipinski definition) is 5. The van der Waals surface area contributed by atoms with Crippen molar-refractivity contribution >= 4 is 0 Å². The van der Waals surface area contributed by atoms with Crippen molar-refractivity contribution in [2.75, 3.05) is 19.8 Å². The summed E-state index contributed by atoms with van der Waals surface area (Å²) >= 11 is 0. The zero-order valence-electron chi connectivity index (χ0n) is 20.4. The van der Waals surface area contributed by atoms with E-state index in [1.807, 2.05) is 55.7 Å². The zero-order chi connectivity index (χ0) is 23.8. The first-order valence-electron chi connectivity index (χ1n) is 12.7. The normalized spacial score (nSPS) is 10.9. The van der Waals surface area contributed by atoms with Crippen molar-refractivity contribution in [2.24, 2.45) is 0 Å². The van der Waals surface area contributed by atoms with Crippen LogP contribution in [0.25, 0.3) is 22.5 Å². The highest BCUT2D eigenvalue weighted by molar-refractivity contribution is 5.64. The summed E-state index contributed by atoms with van der Waals surface area (Å²) in [5.74, 6) is 2.46. The van der Waals surface area contributed by atoms with Gasteiger partial charge in [0.2, 0.25) is 0 Å². The van der Waals surface area contributed by atoms with E-state index in [-0.39, 0.29) is 0 Å². The molecule has 1 heterocycles. The average Bonchev–Trinajstić information content (AvgIpc) is 2.88. The molecule has 1 N–H and O–H groups in total. The molecule has 0 aliphatic rings. The van der Waals surface area contributed by atoms with Crippen LogP contribution >= 0.6 is 0 Å². The summed E-state index contributed by atoms with van der Waals surface area (Å²) in [7, 11) is 0. The lowest BCUT2D eigenvalue weighted by Gasteiger charge is -2.08. The number of unbranched alkanes of at least 4 members (excludes halogenated alkanes) is 8. The van der Waals surface area contributed by atoms with Gasteiger partial charge in [0, 0.05) is 30.1 Å². The fourth-order valence-electron chi connectivity index (χ4n) is 3.88. The third-order valence-electron chi connectivity index (χ3n) is 5.83. The van der Waals surface area contributed by atoms with E-state index in [9.17, 15) is 0 Å². The predicted octanol–water partition coefficient (Wildman–Crippen LogP) is 7.09. The van der Waals surface area contributed by atoms with Gasteiger partial charge in [-0.2, -0.15) is 0 Å². The van der Waals surface area contributed by atoms with Crippen molar-refractivity contribution in [3.05, 3.63) is 60.9 Å². The van der Waals surface area contributed by atoms with E-state index in [1.165, 1.54) is 38.5 Å². The van der Waals surface area contributed by atoms with Gasteiger partial charge in [-0.25, -0.2) is 9.97 Å². The Kier molecular flexibility index (Phi) is 11.4. The number of rotatable bonds is 16. The average molecular weight is 463 g/mol. The molecule has 5 nitrogen and oxygen atoms in total. The summed E-state index contributed by atoms with van der Waals surface area (Å²) in [5, 5.41) is 8.78. The van der Waals surface area contributed by atoms with Crippen LogP contribution in [0.3, 0.4) is 0 Å². The number of aliphatic hydroxyl groups excluding tert-OH is 1. The number of aromatic nitrogens is 2. The van der Waals surface area contributed by atoms with Crippen LogP contribution < -0.4 is 9.47 Å². The van der Waals surface area contributed by atoms with Gasteiger partial charge < -0.3 is 14.6 Å². The van der Waals surface area contributed by atoms with Crippen LogP contribution in [0.4, 0.5) is 0 Å². The van der Waals surface area contributed by atoms with Crippen molar-refractivity contribution in [2.45, 2.75) is 64.7 Å². The molecule has 5 heteroatoms. The molecular weight excluding hydrogens is 424 g/mol. The minimum absolute atomic E-state index is 0.329. The summed E-state index contributed by atoms with van der Waals surface area (Å²) < 4.78 is 11.4. The first kappa shape index (κ1) is 25.7. The topological polar surface area (TPSA) is 64.5 Å². The lowest BCUT2D eigenvalue weighted by molar-refractivity contribution is 0.282. The van der Waals surface area contributed by atoms with E-state index in [1.54, 1.807) is 0 Å². The Balaban J connectivity index is 1.36. The lowest BCUT2D eigenvalue weighted by Crippen LogP contribution is -1.97. The fraction of sp³-hybridized carbons (Fsp3) is 0.448. The second-order valence-corrected chi connectivity index (χ2v) is 8.53. The van der Waals surface area contributed by atoms with Crippen molar-refractivity contribution in [3.8, 4) is 34.0 Å². The number of ether oxygens (including phenoxy) is 2. The highest BCUT2D eigenvalue weighted by Gasteiger charge is 2.05. The molecule has 182 valence electrons. The molecule has 34 heavy (non-hydrogen) atoms. The van der Waals surface area contributed by atoms with Gasteiger partial charge in [-0.15, -0.1) is 0 Å². The highest BCUT2D eigenvalue weighted by atomic mass is 16.5. The number of aliphatic hydroxyl groups is 1. The van der Waals surface area contributed by atoms with Gasteiger partial charge in [0.1, 0.15) is 11.5 Å². The zero-order valence-corrected chi connectivity index (χ0v) is 20.4. The molecule has 1 aromatic heterocycles. The third kappa shape index (κ3) is 8.79. The SMILES string of the molecule is CCOc1ccc(-c2ncc(-c3ccc(OCCCCCCCCCCCO)cc3)cn2)cc1. The van der Waals surface area contributed by atoms with Gasteiger partial charge >= 0.3 is 0 Å². The smallest absolute Gasteiger partial charge is 0.159 e. The molecule has 0 aliphatic carbocycles. The second kappa shape index (κ2) is 15.1. The Morgan fingerprint density at radius 1 is 0.588 bits per heavy atom. The van der Waals surface area contributed by atoms with E-state index in [4.69, 9.17) is 14.6 Å². The van der Waals surface area contributed by atoms with E-state index >= 15 is 0 Å². The maximum Gasteiger partial charge on any atom is 0.159 e. The predicted molar refractivity (Wildman–Crippen MR) is 138 cm³/mol. The van der Waals surface area contributed by atoms with E-state index in [0.717, 1.165) is 54.1 Å². The van der Waals surface area contributed by atoms with Crippen LogP contribution in [0.2, 0.25) is 0 Å². The fourth-order valence-corrected chi connectivity index (χ4v) is 3.88. The number of nitrogens with zero attached hydrogens (tertiary/aromatic N) is 2. The number of hydrogen-bond donors (Lipinski definition) is 1. The molecule has 0 aliphatic heterocycles. The molecular formula is C29H38N2O3. The highest BCUT2D eigenvalue weighted by Crippen LogP contribution is 2.24. The van der Waals surface area contributed by atoms with Gasteiger partial charge in [0.15, 0.2) is 5.82 Å². The Labute approximate surface area is 204 Å². The van der Waals surface area contributed by atoms with Crippen molar-refractivity contribution < 1.29 is 14.6 Å².